The van der Waals surface area contributed by atoms with E-state index < -0.39 is 24.6 Å². The number of nitrogens with zero attached hydrogens (tertiary/aromatic N) is 5. The standard InChI is InChI=1S/C27H30N6O6S2/c1-16-13-38-14-17-15-39-22-23(27(2,3)40(4,34)35)30-24(31-26(22)33(16)17)21-19-10-11-32(25(19)29-12-20(21)28)41(36,37)18-8-6-5-7-9-18/h5-12,16-17H,13-15,28H2,1-4H3/t16-,17+/m1/s1. The Balaban J connectivity index is 1.63. The average molecular weight is 599 g/mol. The Morgan fingerprint density at radius 2 is 1.76 bits per heavy atom. The van der Waals surface area contributed by atoms with Crippen LogP contribution in [0.2, 0.25) is 0 Å². The van der Waals surface area contributed by atoms with Crippen molar-refractivity contribution in [2.45, 2.75) is 42.5 Å². The van der Waals surface area contributed by atoms with E-state index in [1.165, 1.54) is 24.5 Å². The second-order valence-electron chi connectivity index (χ2n) is 10.8. The number of hydrogen-bond acceptors (Lipinski definition) is 11. The Kier molecular flexibility index (Phi) is 6.28. The number of anilines is 2. The van der Waals surface area contributed by atoms with Crippen LogP contribution >= 0.6 is 0 Å². The number of hydrogen-bond donors (Lipinski definition) is 1. The van der Waals surface area contributed by atoms with Gasteiger partial charge in [-0.1, -0.05) is 18.2 Å². The first-order chi connectivity index (χ1) is 19.3. The van der Waals surface area contributed by atoms with E-state index in [1.807, 2.05) is 6.92 Å². The number of morpholine rings is 1. The predicted molar refractivity (Wildman–Crippen MR) is 154 cm³/mol. The molecule has 0 amide bonds. The number of aromatic nitrogens is 4. The third-order valence-corrected chi connectivity index (χ3v) is 11.5. The first kappa shape index (κ1) is 27.4. The molecule has 0 spiro atoms. The van der Waals surface area contributed by atoms with Crippen LogP contribution in [0.25, 0.3) is 22.4 Å². The van der Waals surface area contributed by atoms with Crippen LogP contribution in [-0.4, -0.2) is 73.9 Å². The average Bonchev–Trinajstić information content (AvgIpc) is 3.37. The van der Waals surface area contributed by atoms with E-state index in [1.54, 1.807) is 38.1 Å². The van der Waals surface area contributed by atoms with Crippen molar-refractivity contribution in [2.24, 2.45) is 0 Å². The van der Waals surface area contributed by atoms with Gasteiger partial charge in [-0.15, -0.1) is 0 Å². The Morgan fingerprint density at radius 3 is 2.46 bits per heavy atom. The molecule has 4 aromatic rings. The second kappa shape index (κ2) is 9.39. The molecule has 0 unspecified atom stereocenters. The van der Waals surface area contributed by atoms with Crippen LogP contribution in [0.15, 0.2) is 53.7 Å². The molecule has 3 aromatic heterocycles. The fraction of sp³-hybridized carbons (Fsp3) is 0.370. The third-order valence-electron chi connectivity index (χ3n) is 7.78. The van der Waals surface area contributed by atoms with Gasteiger partial charge in [0.25, 0.3) is 10.0 Å². The van der Waals surface area contributed by atoms with Crippen molar-refractivity contribution < 1.29 is 26.3 Å². The van der Waals surface area contributed by atoms with Gasteiger partial charge in [0.2, 0.25) is 0 Å². The zero-order chi connectivity index (χ0) is 29.3. The monoisotopic (exact) mass is 598 g/mol. The minimum absolute atomic E-state index is 0.0692. The van der Waals surface area contributed by atoms with Gasteiger partial charge in [0, 0.05) is 17.8 Å². The van der Waals surface area contributed by atoms with Crippen LogP contribution < -0.4 is 15.4 Å². The molecule has 41 heavy (non-hydrogen) atoms. The van der Waals surface area contributed by atoms with Crippen LogP contribution in [0.1, 0.15) is 26.5 Å². The molecule has 216 valence electrons. The molecule has 0 saturated carbocycles. The summed E-state index contributed by atoms with van der Waals surface area (Å²) in [6, 6.07) is 9.42. The van der Waals surface area contributed by atoms with E-state index in [-0.39, 0.29) is 46.4 Å². The number of nitrogens with two attached hydrogens (primary N) is 1. The first-order valence-electron chi connectivity index (χ1n) is 13.0. The van der Waals surface area contributed by atoms with Crippen molar-refractivity contribution >= 4 is 42.4 Å². The summed E-state index contributed by atoms with van der Waals surface area (Å²) < 4.78 is 64.5. The van der Waals surface area contributed by atoms with Crippen LogP contribution in [0.3, 0.4) is 0 Å². The van der Waals surface area contributed by atoms with Crippen LogP contribution in [0.5, 0.6) is 5.75 Å². The molecule has 2 atom stereocenters. The summed E-state index contributed by atoms with van der Waals surface area (Å²) >= 11 is 0. The van der Waals surface area contributed by atoms with Gasteiger partial charge in [0.05, 0.1) is 47.6 Å². The van der Waals surface area contributed by atoms with Gasteiger partial charge < -0.3 is 20.1 Å². The largest absolute Gasteiger partial charge is 0.486 e. The van der Waals surface area contributed by atoms with Crippen LogP contribution in [0, 0.1) is 0 Å². The predicted octanol–water partition coefficient (Wildman–Crippen LogP) is 2.58. The van der Waals surface area contributed by atoms with Gasteiger partial charge in [-0.2, -0.15) is 0 Å². The number of ether oxygens (including phenoxy) is 2. The highest BCUT2D eigenvalue weighted by Gasteiger charge is 2.44. The lowest BCUT2D eigenvalue weighted by Crippen LogP contribution is -2.56. The van der Waals surface area contributed by atoms with Crippen molar-refractivity contribution in [3.8, 4) is 17.1 Å². The maximum absolute atomic E-state index is 13.5. The van der Waals surface area contributed by atoms with Gasteiger partial charge in [-0.05, 0) is 39.0 Å². The molecule has 5 heterocycles. The summed E-state index contributed by atoms with van der Waals surface area (Å²) in [6.07, 6.45) is 3.92. The molecule has 6 rings (SSSR count). The Hall–Kier alpha value is -3.75. The van der Waals surface area contributed by atoms with E-state index in [2.05, 4.69) is 9.88 Å². The number of rotatable bonds is 5. The third kappa shape index (κ3) is 4.23. The summed E-state index contributed by atoms with van der Waals surface area (Å²) in [4.78, 5) is 16.2. The SMILES string of the molecule is C[C@@H]1COC[C@H]2COc3c(nc(-c4c(N)cnc5c4ccn5S(=O)(=O)c4ccccc4)nc3C(C)(C)S(C)(=O)=O)N21. The minimum Gasteiger partial charge on any atom is -0.486 e. The van der Waals surface area contributed by atoms with Crippen molar-refractivity contribution in [2.75, 3.05) is 36.7 Å². The van der Waals surface area contributed by atoms with E-state index in [9.17, 15) is 16.8 Å². The highest BCUT2D eigenvalue weighted by atomic mass is 32.2. The summed E-state index contributed by atoms with van der Waals surface area (Å²) in [6.45, 7) is 6.31. The van der Waals surface area contributed by atoms with Gasteiger partial charge in [-0.3, -0.25) is 0 Å². The lowest BCUT2D eigenvalue weighted by atomic mass is 10.0. The van der Waals surface area contributed by atoms with Gasteiger partial charge >= 0.3 is 0 Å². The van der Waals surface area contributed by atoms with E-state index in [0.717, 1.165) is 10.2 Å². The van der Waals surface area contributed by atoms with E-state index >= 15 is 0 Å². The molecule has 14 heteroatoms. The van der Waals surface area contributed by atoms with Gasteiger partial charge in [0.15, 0.2) is 32.9 Å². The maximum Gasteiger partial charge on any atom is 0.269 e. The maximum atomic E-state index is 13.5. The highest BCUT2D eigenvalue weighted by molar-refractivity contribution is 7.91. The quantitative estimate of drug-likeness (QED) is 0.360. The summed E-state index contributed by atoms with van der Waals surface area (Å²) in [5.41, 5.74) is 7.32. The number of fused-ring (bicyclic) bond motifs is 4. The lowest BCUT2D eigenvalue weighted by Gasteiger charge is -2.45. The first-order valence-corrected chi connectivity index (χ1v) is 16.3. The fourth-order valence-corrected chi connectivity index (χ4v) is 7.07. The lowest BCUT2D eigenvalue weighted by molar-refractivity contribution is 0.0482. The molecular formula is C27H30N6O6S2. The van der Waals surface area contributed by atoms with Crippen molar-refractivity contribution in [1.82, 2.24) is 18.9 Å². The summed E-state index contributed by atoms with van der Waals surface area (Å²) in [7, 11) is -7.64. The normalized spacial score (nSPS) is 19.5. The molecule has 2 N–H and O–H groups in total. The molecule has 1 saturated heterocycles. The molecular weight excluding hydrogens is 568 g/mol. The number of benzene rings is 1. The number of sulfone groups is 1. The molecule has 0 radical (unpaired) electrons. The van der Waals surface area contributed by atoms with Crippen molar-refractivity contribution in [1.29, 1.82) is 0 Å². The van der Waals surface area contributed by atoms with Gasteiger partial charge in [0.1, 0.15) is 17.0 Å². The zero-order valence-electron chi connectivity index (χ0n) is 23.0. The van der Waals surface area contributed by atoms with E-state index in [4.69, 9.17) is 25.2 Å². The van der Waals surface area contributed by atoms with Crippen molar-refractivity contribution in [3.63, 3.8) is 0 Å². The number of pyridine rings is 1. The number of nitrogen functional groups attached to an aromatic ring is 1. The fourth-order valence-electron chi connectivity index (χ4n) is 5.25. The molecule has 1 aromatic carbocycles. The Bertz CT molecular complexity index is 1890. The smallest absolute Gasteiger partial charge is 0.269 e. The minimum atomic E-state index is -3.97. The zero-order valence-corrected chi connectivity index (χ0v) is 24.6. The molecule has 1 fully saturated rings. The molecule has 2 aliphatic rings. The Morgan fingerprint density at radius 1 is 1.02 bits per heavy atom. The topological polar surface area (TPSA) is 160 Å². The van der Waals surface area contributed by atoms with E-state index in [0.29, 0.717) is 35.7 Å². The summed E-state index contributed by atoms with van der Waals surface area (Å²) in [5, 5.41) is 0.399. The van der Waals surface area contributed by atoms with Crippen LogP contribution in [0.4, 0.5) is 11.5 Å². The van der Waals surface area contributed by atoms with Crippen molar-refractivity contribution in [3.05, 3.63) is 54.5 Å². The van der Waals surface area contributed by atoms with Crippen LogP contribution in [-0.2, 0) is 29.3 Å². The molecule has 12 nitrogen and oxygen atoms in total. The highest BCUT2D eigenvalue weighted by Crippen LogP contribution is 2.45. The molecule has 2 aliphatic heterocycles. The molecule has 0 bridgehead atoms. The summed E-state index contributed by atoms with van der Waals surface area (Å²) in [5.74, 6) is 0.870. The molecule has 0 aliphatic carbocycles. The van der Waals surface area contributed by atoms with Gasteiger partial charge in [-0.25, -0.2) is 35.8 Å². The Labute approximate surface area is 238 Å². The second-order valence-corrected chi connectivity index (χ2v) is 15.2.